The normalized spacial score (nSPS) is 12.9. The van der Waals surface area contributed by atoms with Gasteiger partial charge in [-0.05, 0) is 75.1 Å². The van der Waals surface area contributed by atoms with Crippen LogP contribution in [0.2, 0.25) is 0 Å². The monoisotopic (exact) mass is 517 g/mol. The molecule has 0 radical (unpaired) electrons. The maximum Gasteiger partial charge on any atom is 0.257 e. The number of carbonyl (C=O) groups is 2. The zero-order chi connectivity index (χ0) is 27.6. The molecule has 2 N–H and O–H groups in total. The van der Waals surface area contributed by atoms with Crippen LogP contribution in [-0.2, 0) is 10.2 Å². The van der Waals surface area contributed by atoms with Gasteiger partial charge in [0.1, 0.15) is 5.82 Å². The van der Waals surface area contributed by atoms with Gasteiger partial charge in [0, 0.05) is 41.3 Å². The molecule has 194 valence electrons. The van der Waals surface area contributed by atoms with Crippen LogP contribution in [0.15, 0.2) is 67.4 Å². The predicted octanol–water partition coefficient (Wildman–Crippen LogP) is 5.31. The first-order valence-electron chi connectivity index (χ1n) is 12.6. The first-order chi connectivity index (χ1) is 18.7. The quantitative estimate of drug-likeness (QED) is 0.339. The predicted molar refractivity (Wildman–Crippen MR) is 148 cm³/mol. The van der Waals surface area contributed by atoms with Gasteiger partial charge in [-0.2, -0.15) is 5.26 Å². The average Bonchev–Trinajstić information content (AvgIpc) is 3.80. The molecule has 9 nitrogen and oxygen atoms in total. The van der Waals surface area contributed by atoms with Crippen molar-refractivity contribution in [3.63, 3.8) is 0 Å². The van der Waals surface area contributed by atoms with Crippen LogP contribution >= 0.6 is 0 Å². The van der Waals surface area contributed by atoms with Gasteiger partial charge in [0.25, 0.3) is 5.91 Å². The Morgan fingerprint density at radius 3 is 2.51 bits per heavy atom. The van der Waals surface area contributed by atoms with Gasteiger partial charge in [0.05, 0.1) is 40.8 Å². The standard InChI is InChI=1S/C30H27N7O2/c1-18-4-7-23(35-29(39)21-10-22(14-32-13-21)30(2,3)17-31)12-24(18)26-16-33-15-25(36-26)20-8-9-34-27(11-20)37-28(38)19-5-6-19/h4,7-16,19H,5-6H2,1-3H3,(H,35,39)(H,34,37,38). The molecular weight excluding hydrogens is 490 g/mol. The van der Waals surface area contributed by atoms with E-state index in [0.29, 0.717) is 34.0 Å². The van der Waals surface area contributed by atoms with Crippen molar-refractivity contribution in [1.82, 2.24) is 19.9 Å². The van der Waals surface area contributed by atoms with E-state index in [1.807, 2.05) is 31.2 Å². The Morgan fingerprint density at radius 1 is 0.974 bits per heavy atom. The fourth-order valence-electron chi connectivity index (χ4n) is 4.02. The van der Waals surface area contributed by atoms with Gasteiger partial charge < -0.3 is 10.6 Å². The number of nitrogens with one attached hydrogen (secondary N) is 2. The van der Waals surface area contributed by atoms with E-state index in [1.165, 1.54) is 6.20 Å². The van der Waals surface area contributed by atoms with Crippen LogP contribution in [0, 0.1) is 24.2 Å². The lowest BCUT2D eigenvalue weighted by molar-refractivity contribution is -0.117. The van der Waals surface area contributed by atoms with Crippen molar-refractivity contribution in [3.05, 3.63) is 84.1 Å². The summed E-state index contributed by atoms with van der Waals surface area (Å²) in [6.07, 6.45) is 9.88. The van der Waals surface area contributed by atoms with Crippen LogP contribution < -0.4 is 10.6 Å². The van der Waals surface area contributed by atoms with Gasteiger partial charge in [-0.1, -0.05) is 6.07 Å². The van der Waals surface area contributed by atoms with E-state index in [-0.39, 0.29) is 17.7 Å². The number of rotatable bonds is 7. The fraction of sp³-hybridized carbons (Fsp3) is 0.233. The third-order valence-corrected chi connectivity index (χ3v) is 6.66. The highest BCUT2D eigenvalue weighted by molar-refractivity contribution is 6.04. The molecule has 0 bridgehead atoms. The van der Waals surface area contributed by atoms with Crippen LogP contribution in [-0.4, -0.2) is 31.8 Å². The lowest BCUT2D eigenvalue weighted by Crippen LogP contribution is -2.17. The van der Waals surface area contributed by atoms with Gasteiger partial charge in [0.2, 0.25) is 5.91 Å². The van der Waals surface area contributed by atoms with Crippen molar-refractivity contribution in [3.8, 4) is 28.6 Å². The molecule has 1 aliphatic rings. The van der Waals surface area contributed by atoms with Crippen LogP contribution in [0.3, 0.4) is 0 Å². The summed E-state index contributed by atoms with van der Waals surface area (Å²) >= 11 is 0. The number of benzene rings is 1. The highest BCUT2D eigenvalue weighted by Crippen LogP contribution is 2.31. The lowest BCUT2D eigenvalue weighted by atomic mass is 9.87. The molecule has 3 heterocycles. The van der Waals surface area contributed by atoms with E-state index in [4.69, 9.17) is 4.98 Å². The number of amides is 2. The van der Waals surface area contributed by atoms with E-state index >= 15 is 0 Å². The van der Waals surface area contributed by atoms with Crippen LogP contribution in [0.4, 0.5) is 11.5 Å². The van der Waals surface area contributed by atoms with Crippen molar-refractivity contribution >= 4 is 23.3 Å². The molecule has 1 aliphatic carbocycles. The van der Waals surface area contributed by atoms with Gasteiger partial charge in [-0.15, -0.1) is 0 Å². The van der Waals surface area contributed by atoms with Gasteiger partial charge >= 0.3 is 0 Å². The Kier molecular flexibility index (Phi) is 6.86. The fourth-order valence-corrected chi connectivity index (χ4v) is 4.02. The van der Waals surface area contributed by atoms with Crippen molar-refractivity contribution in [1.29, 1.82) is 5.26 Å². The number of aryl methyl sites for hydroxylation is 1. The van der Waals surface area contributed by atoms with Crippen molar-refractivity contribution in [2.75, 3.05) is 10.6 Å². The second-order valence-electron chi connectivity index (χ2n) is 10.2. The Bertz CT molecular complexity index is 1620. The Balaban J connectivity index is 1.38. The number of hydrogen-bond acceptors (Lipinski definition) is 7. The molecular formula is C30H27N7O2. The largest absolute Gasteiger partial charge is 0.322 e. The summed E-state index contributed by atoms with van der Waals surface area (Å²) in [5.74, 6) is 0.226. The van der Waals surface area contributed by atoms with Crippen LogP contribution in [0.5, 0.6) is 0 Å². The molecule has 0 aliphatic heterocycles. The van der Waals surface area contributed by atoms with Gasteiger partial charge in [0.15, 0.2) is 0 Å². The second-order valence-corrected chi connectivity index (χ2v) is 10.2. The maximum atomic E-state index is 13.0. The minimum atomic E-state index is -0.762. The third-order valence-electron chi connectivity index (χ3n) is 6.66. The number of carbonyl (C=O) groups excluding carboxylic acids is 2. The van der Waals surface area contributed by atoms with Gasteiger partial charge in [-0.25, -0.2) is 9.97 Å². The van der Waals surface area contributed by atoms with Crippen LogP contribution in [0.25, 0.3) is 22.5 Å². The number of nitrogens with zero attached hydrogens (tertiary/aromatic N) is 5. The zero-order valence-corrected chi connectivity index (χ0v) is 21.9. The van der Waals surface area contributed by atoms with E-state index in [0.717, 1.165) is 29.5 Å². The molecule has 1 fully saturated rings. The molecule has 0 spiro atoms. The summed E-state index contributed by atoms with van der Waals surface area (Å²) < 4.78 is 0. The van der Waals surface area contributed by atoms with E-state index in [2.05, 4.69) is 31.7 Å². The molecule has 1 aromatic carbocycles. The smallest absolute Gasteiger partial charge is 0.257 e. The number of nitriles is 1. The summed E-state index contributed by atoms with van der Waals surface area (Å²) in [6.45, 7) is 5.53. The summed E-state index contributed by atoms with van der Waals surface area (Å²) in [5, 5.41) is 15.2. The molecule has 3 aromatic heterocycles. The molecule has 5 rings (SSSR count). The summed E-state index contributed by atoms with van der Waals surface area (Å²) in [5.41, 5.74) is 4.69. The maximum absolute atomic E-state index is 13.0. The molecule has 1 saturated carbocycles. The number of aromatic nitrogens is 4. The SMILES string of the molecule is Cc1ccc(NC(=O)c2cncc(C(C)(C)C#N)c2)cc1-c1cncc(-c2ccnc(NC(=O)C3CC3)c2)n1. The van der Waals surface area contributed by atoms with Crippen molar-refractivity contribution in [2.24, 2.45) is 5.92 Å². The first-order valence-corrected chi connectivity index (χ1v) is 12.6. The number of anilines is 2. The highest BCUT2D eigenvalue weighted by Gasteiger charge is 2.29. The topological polar surface area (TPSA) is 134 Å². The summed E-state index contributed by atoms with van der Waals surface area (Å²) in [7, 11) is 0. The Morgan fingerprint density at radius 2 is 1.74 bits per heavy atom. The van der Waals surface area contributed by atoms with Gasteiger partial charge in [-0.3, -0.25) is 19.6 Å². The summed E-state index contributed by atoms with van der Waals surface area (Å²) in [6, 6.07) is 13.1. The third kappa shape index (κ3) is 5.80. The molecule has 0 atom stereocenters. The minimum Gasteiger partial charge on any atom is -0.322 e. The molecule has 2 amide bonds. The van der Waals surface area contributed by atoms with Crippen molar-refractivity contribution < 1.29 is 9.59 Å². The molecule has 39 heavy (non-hydrogen) atoms. The van der Waals surface area contributed by atoms with E-state index < -0.39 is 5.41 Å². The Labute approximate surface area is 226 Å². The highest BCUT2D eigenvalue weighted by atomic mass is 16.2. The van der Waals surface area contributed by atoms with E-state index in [1.54, 1.807) is 50.8 Å². The first kappa shape index (κ1) is 25.7. The van der Waals surface area contributed by atoms with Crippen LogP contribution in [0.1, 0.15) is 48.2 Å². The average molecular weight is 518 g/mol. The molecule has 0 saturated heterocycles. The van der Waals surface area contributed by atoms with Crippen molar-refractivity contribution in [2.45, 2.75) is 39.0 Å². The minimum absolute atomic E-state index is 0.00902. The molecule has 4 aromatic rings. The lowest BCUT2D eigenvalue weighted by Gasteiger charge is -2.16. The zero-order valence-electron chi connectivity index (χ0n) is 21.9. The second kappa shape index (κ2) is 10.4. The summed E-state index contributed by atoms with van der Waals surface area (Å²) in [4.78, 5) is 42.8. The number of pyridine rings is 2. The molecule has 0 unspecified atom stereocenters. The Hall–Kier alpha value is -4.97. The molecule has 9 heteroatoms. The number of hydrogen-bond donors (Lipinski definition) is 2. The van der Waals surface area contributed by atoms with E-state index in [9.17, 15) is 14.9 Å².